The highest BCUT2D eigenvalue weighted by molar-refractivity contribution is 5.94. The van der Waals surface area contributed by atoms with E-state index in [9.17, 15) is 4.79 Å². The zero-order valence-corrected chi connectivity index (χ0v) is 16.1. The van der Waals surface area contributed by atoms with Gasteiger partial charge in [0.2, 0.25) is 0 Å². The molecule has 1 aromatic heterocycles. The van der Waals surface area contributed by atoms with Gasteiger partial charge in [-0.25, -0.2) is 4.99 Å². The minimum atomic E-state index is -0.335. The van der Waals surface area contributed by atoms with Crippen LogP contribution in [-0.2, 0) is 22.6 Å². The normalized spacial score (nSPS) is 16.6. The number of nitrogens with zero attached hydrogens (tertiary/aromatic N) is 2. The highest BCUT2D eigenvalue weighted by Gasteiger charge is 2.23. The maximum Gasteiger partial charge on any atom is 0.253 e. The van der Waals surface area contributed by atoms with Crippen molar-refractivity contribution in [2.24, 2.45) is 4.99 Å². The molecule has 3 N–H and O–H groups in total. The Bertz CT molecular complexity index is 788. The van der Waals surface area contributed by atoms with Gasteiger partial charge in [0.05, 0.1) is 18.8 Å². The molecule has 1 unspecified atom stereocenters. The standard InChI is InChI=1S/C21H27N5O2/c1-2-22-21(25-15-18-8-3-4-11-23-18)24-14-16-7-5-9-17(13-16)26-20(27)19-10-6-12-28-19/h3-5,7-9,11,13,19H,2,6,10,12,14-15H2,1H3,(H,26,27)(H2,22,24,25). The average molecular weight is 381 g/mol. The molecule has 1 fully saturated rings. The van der Waals surface area contributed by atoms with Crippen molar-refractivity contribution in [3.05, 3.63) is 59.9 Å². The molecule has 1 saturated heterocycles. The van der Waals surface area contributed by atoms with E-state index in [0.717, 1.165) is 42.3 Å². The lowest BCUT2D eigenvalue weighted by atomic mass is 10.2. The minimum absolute atomic E-state index is 0.0801. The summed E-state index contributed by atoms with van der Waals surface area (Å²) in [6, 6.07) is 13.6. The first kappa shape index (κ1) is 19.8. The van der Waals surface area contributed by atoms with Crippen molar-refractivity contribution in [2.45, 2.75) is 39.0 Å². The Balaban J connectivity index is 1.58. The molecule has 0 saturated carbocycles. The molecule has 1 aliphatic rings. The van der Waals surface area contributed by atoms with Gasteiger partial charge in [0.15, 0.2) is 5.96 Å². The number of ether oxygens (including phenoxy) is 1. The molecule has 1 aliphatic heterocycles. The molecule has 1 aromatic carbocycles. The molecule has 3 rings (SSSR count). The highest BCUT2D eigenvalue weighted by Crippen LogP contribution is 2.16. The summed E-state index contributed by atoms with van der Waals surface area (Å²) in [6.07, 6.45) is 3.16. The molecule has 1 atom stereocenters. The Morgan fingerprint density at radius 3 is 2.93 bits per heavy atom. The van der Waals surface area contributed by atoms with E-state index in [1.807, 2.05) is 49.4 Å². The Morgan fingerprint density at radius 1 is 1.25 bits per heavy atom. The van der Waals surface area contributed by atoms with Crippen LogP contribution in [0.1, 0.15) is 31.0 Å². The molecule has 0 radical (unpaired) electrons. The van der Waals surface area contributed by atoms with Crippen molar-refractivity contribution in [1.82, 2.24) is 15.6 Å². The number of pyridine rings is 1. The fourth-order valence-corrected chi connectivity index (χ4v) is 2.94. The zero-order chi connectivity index (χ0) is 19.6. The van der Waals surface area contributed by atoms with Gasteiger partial charge >= 0.3 is 0 Å². The Labute approximate surface area is 165 Å². The predicted molar refractivity (Wildman–Crippen MR) is 110 cm³/mol. The van der Waals surface area contributed by atoms with Gasteiger partial charge in [-0.3, -0.25) is 9.78 Å². The number of benzene rings is 1. The molecule has 0 aliphatic carbocycles. The van der Waals surface area contributed by atoms with Crippen LogP contribution in [0.25, 0.3) is 0 Å². The van der Waals surface area contributed by atoms with E-state index in [-0.39, 0.29) is 12.0 Å². The summed E-state index contributed by atoms with van der Waals surface area (Å²) in [5.74, 6) is 0.644. The number of rotatable bonds is 7. The first-order valence-electron chi connectivity index (χ1n) is 9.68. The van der Waals surface area contributed by atoms with E-state index in [2.05, 4.69) is 25.9 Å². The van der Waals surface area contributed by atoms with E-state index in [1.54, 1.807) is 6.20 Å². The molecule has 28 heavy (non-hydrogen) atoms. The van der Waals surface area contributed by atoms with Gasteiger partial charge in [-0.05, 0) is 49.6 Å². The Morgan fingerprint density at radius 2 is 2.18 bits per heavy atom. The molecule has 2 heterocycles. The van der Waals surface area contributed by atoms with Gasteiger partial charge in [-0.2, -0.15) is 0 Å². The van der Waals surface area contributed by atoms with Gasteiger partial charge in [-0.1, -0.05) is 18.2 Å². The first-order chi connectivity index (χ1) is 13.7. The van der Waals surface area contributed by atoms with Crippen LogP contribution in [0.15, 0.2) is 53.7 Å². The molecule has 148 valence electrons. The van der Waals surface area contributed by atoms with Crippen molar-refractivity contribution >= 4 is 17.6 Å². The number of anilines is 1. The number of carbonyl (C=O) groups is 1. The third kappa shape index (κ3) is 6.06. The number of amides is 1. The van der Waals surface area contributed by atoms with E-state index in [0.29, 0.717) is 19.7 Å². The van der Waals surface area contributed by atoms with Gasteiger partial charge < -0.3 is 20.7 Å². The average Bonchev–Trinajstić information content (AvgIpc) is 3.26. The number of hydrogen-bond donors (Lipinski definition) is 3. The summed E-state index contributed by atoms with van der Waals surface area (Å²) in [7, 11) is 0. The largest absolute Gasteiger partial charge is 0.368 e. The first-order valence-corrected chi connectivity index (χ1v) is 9.68. The predicted octanol–water partition coefficient (Wildman–Crippen LogP) is 2.45. The van der Waals surface area contributed by atoms with E-state index in [1.165, 1.54) is 0 Å². The van der Waals surface area contributed by atoms with E-state index >= 15 is 0 Å². The molecular weight excluding hydrogens is 354 g/mol. The number of carbonyl (C=O) groups excluding carboxylic acids is 1. The molecule has 2 aromatic rings. The lowest BCUT2D eigenvalue weighted by molar-refractivity contribution is -0.124. The van der Waals surface area contributed by atoms with Crippen molar-refractivity contribution in [1.29, 1.82) is 0 Å². The van der Waals surface area contributed by atoms with Crippen LogP contribution >= 0.6 is 0 Å². The van der Waals surface area contributed by atoms with Crippen molar-refractivity contribution < 1.29 is 9.53 Å². The third-order valence-electron chi connectivity index (χ3n) is 4.34. The van der Waals surface area contributed by atoms with Crippen LogP contribution in [0.3, 0.4) is 0 Å². The van der Waals surface area contributed by atoms with Gasteiger partial charge in [-0.15, -0.1) is 0 Å². The summed E-state index contributed by atoms with van der Waals surface area (Å²) in [5, 5.41) is 9.44. The Kier molecular flexibility index (Phi) is 7.37. The summed E-state index contributed by atoms with van der Waals surface area (Å²) >= 11 is 0. The molecule has 0 spiro atoms. The van der Waals surface area contributed by atoms with E-state index in [4.69, 9.17) is 4.74 Å². The van der Waals surface area contributed by atoms with Crippen molar-refractivity contribution in [2.75, 3.05) is 18.5 Å². The van der Waals surface area contributed by atoms with Crippen molar-refractivity contribution in [3.8, 4) is 0 Å². The number of aromatic nitrogens is 1. The fraction of sp³-hybridized carbons (Fsp3) is 0.381. The lowest BCUT2D eigenvalue weighted by Gasteiger charge is -2.12. The van der Waals surface area contributed by atoms with Gasteiger partial charge in [0.25, 0.3) is 5.91 Å². The van der Waals surface area contributed by atoms with Crippen LogP contribution in [0, 0.1) is 0 Å². The van der Waals surface area contributed by atoms with Crippen molar-refractivity contribution in [3.63, 3.8) is 0 Å². The van der Waals surface area contributed by atoms with Gasteiger partial charge in [0.1, 0.15) is 6.10 Å². The van der Waals surface area contributed by atoms with Gasteiger partial charge in [0, 0.05) is 25.0 Å². The number of nitrogens with one attached hydrogen (secondary N) is 3. The summed E-state index contributed by atoms with van der Waals surface area (Å²) < 4.78 is 5.43. The molecule has 7 heteroatoms. The summed E-state index contributed by atoms with van der Waals surface area (Å²) in [5.41, 5.74) is 2.73. The zero-order valence-electron chi connectivity index (χ0n) is 16.1. The monoisotopic (exact) mass is 381 g/mol. The quantitative estimate of drug-likeness (QED) is 0.507. The number of guanidine groups is 1. The second kappa shape index (κ2) is 10.4. The lowest BCUT2D eigenvalue weighted by Crippen LogP contribution is -2.37. The minimum Gasteiger partial charge on any atom is -0.368 e. The van der Waals surface area contributed by atoms with Crippen LogP contribution in [-0.4, -0.2) is 36.1 Å². The third-order valence-corrected chi connectivity index (χ3v) is 4.34. The number of aliphatic imine (C=N–C) groups is 1. The summed E-state index contributed by atoms with van der Waals surface area (Å²) in [4.78, 5) is 21.1. The number of hydrogen-bond acceptors (Lipinski definition) is 4. The molecular formula is C21H27N5O2. The SMILES string of the molecule is CCNC(=NCc1cccc(NC(=O)C2CCCO2)c1)NCc1ccccn1. The fourth-order valence-electron chi connectivity index (χ4n) is 2.94. The summed E-state index contributed by atoms with van der Waals surface area (Å²) in [6.45, 7) is 4.56. The van der Waals surface area contributed by atoms with Crippen LogP contribution in [0.4, 0.5) is 5.69 Å². The van der Waals surface area contributed by atoms with Crippen LogP contribution in [0.2, 0.25) is 0 Å². The molecule has 1 amide bonds. The Hall–Kier alpha value is -2.93. The second-order valence-electron chi connectivity index (χ2n) is 6.56. The second-order valence-corrected chi connectivity index (χ2v) is 6.56. The van der Waals surface area contributed by atoms with Crippen LogP contribution in [0.5, 0.6) is 0 Å². The maximum absolute atomic E-state index is 12.2. The molecule has 7 nitrogen and oxygen atoms in total. The smallest absolute Gasteiger partial charge is 0.253 e. The van der Waals surface area contributed by atoms with Crippen LogP contribution < -0.4 is 16.0 Å². The topological polar surface area (TPSA) is 87.6 Å². The van der Waals surface area contributed by atoms with E-state index < -0.39 is 0 Å². The molecule has 0 bridgehead atoms. The maximum atomic E-state index is 12.2. The highest BCUT2D eigenvalue weighted by atomic mass is 16.5.